The molecule has 0 aliphatic carbocycles. The van der Waals surface area contributed by atoms with Gasteiger partial charge >= 0.3 is 17.9 Å². The average Bonchev–Trinajstić information content (AvgIpc) is 3.50. The van der Waals surface area contributed by atoms with Gasteiger partial charge in [0.2, 0.25) is 0 Å². The zero-order chi connectivity index (χ0) is 59.9. The van der Waals surface area contributed by atoms with Crippen LogP contribution in [0.15, 0.2) is 85.1 Å². The van der Waals surface area contributed by atoms with Crippen molar-refractivity contribution in [3.8, 4) is 0 Å². The Bertz CT molecular complexity index is 1570. The first-order valence-electron chi connectivity index (χ1n) is 36.1. The molecule has 0 aromatic rings. The average molecular weight is 1160 g/mol. The standard InChI is InChI=1S/C77H136O6/c1-4-7-10-13-16-19-22-25-28-30-32-33-34-35-36-37-38-39-40-41-42-43-45-46-49-52-55-58-61-64-67-70-76(79)82-73-74(72-81-75(78)69-66-63-60-57-54-51-48-27-24-21-18-15-12-9-6-3)83-77(80)71-68-65-62-59-56-53-50-47-44-31-29-26-23-20-17-14-11-8-5-2/h9,12,18,21-22,25,27,30,32,34-35,48,54,57,74H,4-8,10-11,13-17,19-20,23-24,26,28-29,31,33,36-47,49-53,55-56,58-73H2,1-3H3/b12-9-,21-18-,25-22-,32-30-,35-34-,48-27-,57-54-. The number of unbranched alkanes of at least 4 members (excludes halogenated alkanes) is 41. The third kappa shape index (κ3) is 69.3. The summed E-state index contributed by atoms with van der Waals surface area (Å²) >= 11 is 0. The molecule has 480 valence electrons. The summed E-state index contributed by atoms with van der Waals surface area (Å²) in [6.07, 6.45) is 94.8. The Morgan fingerprint density at radius 1 is 0.253 bits per heavy atom. The lowest BCUT2D eigenvalue weighted by molar-refractivity contribution is -0.167. The van der Waals surface area contributed by atoms with E-state index in [9.17, 15) is 14.4 Å². The van der Waals surface area contributed by atoms with Gasteiger partial charge in [0.15, 0.2) is 6.10 Å². The van der Waals surface area contributed by atoms with Gasteiger partial charge in [-0.15, -0.1) is 0 Å². The van der Waals surface area contributed by atoms with Gasteiger partial charge in [-0.2, -0.15) is 0 Å². The summed E-state index contributed by atoms with van der Waals surface area (Å²) < 4.78 is 17.0. The van der Waals surface area contributed by atoms with Crippen LogP contribution in [0, 0.1) is 0 Å². The van der Waals surface area contributed by atoms with Crippen molar-refractivity contribution in [2.24, 2.45) is 0 Å². The van der Waals surface area contributed by atoms with Crippen molar-refractivity contribution in [3.05, 3.63) is 85.1 Å². The second-order valence-corrected chi connectivity index (χ2v) is 24.1. The van der Waals surface area contributed by atoms with E-state index in [0.29, 0.717) is 19.3 Å². The van der Waals surface area contributed by atoms with Crippen molar-refractivity contribution in [1.82, 2.24) is 0 Å². The summed E-state index contributed by atoms with van der Waals surface area (Å²) in [7, 11) is 0. The molecular weight excluding hydrogens is 1020 g/mol. The van der Waals surface area contributed by atoms with Crippen LogP contribution in [0.25, 0.3) is 0 Å². The van der Waals surface area contributed by atoms with Gasteiger partial charge < -0.3 is 14.2 Å². The van der Waals surface area contributed by atoms with Crippen LogP contribution in [-0.2, 0) is 28.6 Å². The number of carbonyl (C=O) groups excluding carboxylic acids is 3. The number of carbonyl (C=O) groups is 3. The van der Waals surface area contributed by atoms with E-state index in [1.165, 1.54) is 231 Å². The second-order valence-electron chi connectivity index (χ2n) is 24.1. The summed E-state index contributed by atoms with van der Waals surface area (Å²) in [5.74, 6) is -0.908. The molecule has 0 saturated carbocycles. The molecule has 0 fully saturated rings. The first-order valence-corrected chi connectivity index (χ1v) is 36.1. The van der Waals surface area contributed by atoms with Gasteiger partial charge in [0, 0.05) is 19.3 Å². The predicted octanol–water partition coefficient (Wildman–Crippen LogP) is 25.0. The summed E-state index contributed by atoms with van der Waals surface area (Å²) in [5, 5.41) is 0. The van der Waals surface area contributed by atoms with E-state index < -0.39 is 6.10 Å². The first kappa shape index (κ1) is 79.6. The minimum Gasteiger partial charge on any atom is -0.462 e. The van der Waals surface area contributed by atoms with Crippen LogP contribution in [0.2, 0.25) is 0 Å². The molecule has 0 heterocycles. The van der Waals surface area contributed by atoms with E-state index in [2.05, 4.69) is 106 Å². The largest absolute Gasteiger partial charge is 0.462 e. The van der Waals surface area contributed by atoms with Crippen molar-refractivity contribution in [1.29, 1.82) is 0 Å². The molecule has 0 aromatic heterocycles. The molecule has 0 aromatic carbocycles. The Balaban J connectivity index is 4.25. The Kier molecular flexibility index (Phi) is 68.2. The van der Waals surface area contributed by atoms with Gasteiger partial charge in [0.1, 0.15) is 13.2 Å². The molecule has 6 heteroatoms. The number of hydrogen-bond acceptors (Lipinski definition) is 6. The van der Waals surface area contributed by atoms with Crippen molar-refractivity contribution in [2.75, 3.05) is 13.2 Å². The highest BCUT2D eigenvalue weighted by Gasteiger charge is 2.19. The van der Waals surface area contributed by atoms with E-state index in [1.807, 2.05) is 0 Å². The number of ether oxygens (including phenoxy) is 3. The molecule has 0 saturated heterocycles. The topological polar surface area (TPSA) is 78.9 Å². The van der Waals surface area contributed by atoms with Gasteiger partial charge in [-0.25, -0.2) is 0 Å². The zero-order valence-electron chi connectivity index (χ0n) is 55.2. The second kappa shape index (κ2) is 71.1. The normalized spacial score (nSPS) is 12.6. The third-order valence-electron chi connectivity index (χ3n) is 15.9. The van der Waals surface area contributed by atoms with Gasteiger partial charge in [0.25, 0.3) is 0 Å². The highest BCUT2D eigenvalue weighted by Crippen LogP contribution is 2.18. The third-order valence-corrected chi connectivity index (χ3v) is 15.9. The Morgan fingerprint density at radius 2 is 0.470 bits per heavy atom. The fraction of sp³-hybridized carbons (Fsp3) is 0.779. The molecule has 83 heavy (non-hydrogen) atoms. The molecule has 0 spiro atoms. The molecule has 1 atom stereocenters. The number of rotatable bonds is 66. The van der Waals surface area contributed by atoms with Gasteiger partial charge in [-0.1, -0.05) is 337 Å². The molecule has 0 aliphatic rings. The number of hydrogen-bond donors (Lipinski definition) is 0. The number of esters is 3. The van der Waals surface area contributed by atoms with Crippen LogP contribution in [0.5, 0.6) is 0 Å². The van der Waals surface area contributed by atoms with Crippen molar-refractivity contribution < 1.29 is 28.6 Å². The van der Waals surface area contributed by atoms with Gasteiger partial charge in [-0.05, 0) is 96.3 Å². The highest BCUT2D eigenvalue weighted by atomic mass is 16.6. The Morgan fingerprint density at radius 3 is 0.759 bits per heavy atom. The quantitative estimate of drug-likeness (QED) is 0.0261. The summed E-state index contributed by atoms with van der Waals surface area (Å²) in [5.41, 5.74) is 0. The smallest absolute Gasteiger partial charge is 0.306 e. The van der Waals surface area contributed by atoms with Gasteiger partial charge in [-0.3, -0.25) is 14.4 Å². The van der Waals surface area contributed by atoms with Crippen molar-refractivity contribution >= 4 is 17.9 Å². The summed E-state index contributed by atoms with van der Waals surface area (Å²) in [6.45, 7) is 6.53. The SMILES string of the molecule is CC/C=C\C/C=C\C/C=C\C/C=C\CCCCC(=O)OCC(COC(=O)CCCCCCCCCCCCCCCCCC/C=C\C/C=C\C/C=C\CCCCCCC)OC(=O)CCCCCCCCCCCCCCCCCCCCC. The maximum atomic E-state index is 12.9. The minimum absolute atomic E-state index is 0.0856. The van der Waals surface area contributed by atoms with Crippen molar-refractivity contribution in [2.45, 2.75) is 374 Å². The zero-order valence-corrected chi connectivity index (χ0v) is 55.2. The molecule has 6 nitrogen and oxygen atoms in total. The molecule has 0 radical (unpaired) electrons. The van der Waals surface area contributed by atoms with E-state index >= 15 is 0 Å². The van der Waals surface area contributed by atoms with Crippen molar-refractivity contribution in [3.63, 3.8) is 0 Å². The van der Waals surface area contributed by atoms with E-state index in [4.69, 9.17) is 14.2 Å². The molecule has 0 aliphatic heterocycles. The van der Waals surface area contributed by atoms with Crippen LogP contribution < -0.4 is 0 Å². The minimum atomic E-state index is -0.793. The van der Waals surface area contributed by atoms with Crippen LogP contribution >= 0.6 is 0 Å². The fourth-order valence-electron chi connectivity index (χ4n) is 10.5. The molecule has 0 amide bonds. The molecule has 0 N–H and O–H groups in total. The van der Waals surface area contributed by atoms with Crippen LogP contribution in [0.3, 0.4) is 0 Å². The van der Waals surface area contributed by atoms with Gasteiger partial charge in [0.05, 0.1) is 0 Å². The number of allylic oxidation sites excluding steroid dienone is 14. The van der Waals surface area contributed by atoms with E-state index in [0.717, 1.165) is 96.3 Å². The lowest BCUT2D eigenvalue weighted by Gasteiger charge is -2.18. The van der Waals surface area contributed by atoms with Crippen LogP contribution in [0.4, 0.5) is 0 Å². The molecule has 1 unspecified atom stereocenters. The van der Waals surface area contributed by atoms with E-state index in [1.54, 1.807) is 0 Å². The predicted molar refractivity (Wildman–Crippen MR) is 362 cm³/mol. The maximum Gasteiger partial charge on any atom is 0.306 e. The summed E-state index contributed by atoms with van der Waals surface area (Å²) in [4.78, 5) is 38.4. The highest BCUT2D eigenvalue weighted by molar-refractivity contribution is 5.71. The molecular formula is C77H136O6. The lowest BCUT2D eigenvalue weighted by Crippen LogP contribution is -2.30. The molecule has 0 bridgehead atoms. The fourth-order valence-corrected chi connectivity index (χ4v) is 10.5. The summed E-state index contributed by atoms with van der Waals surface area (Å²) in [6, 6.07) is 0. The maximum absolute atomic E-state index is 12.9. The molecule has 0 rings (SSSR count). The Hall–Kier alpha value is -3.41. The van der Waals surface area contributed by atoms with Crippen LogP contribution in [-0.4, -0.2) is 37.2 Å². The first-order chi connectivity index (χ1) is 41.0. The lowest BCUT2D eigenvalue weighted by atomic mass is 10.0. The van der Waals surface area contributed by atoms with Crippen LogP contribution in [0.1, 0.15) is 367 Å². The Labute approximate surface area is 515 Å². The van der Waals surface area contributed by atoms with E-state index in [-0.39, 0.29) is 31.1 Å². The monoisotopic (exact) mass is 1160 g/mol.